The van der Waals surface area contributed by atoms with Crippen molar-refractivity contribution < 1.29 is 9.18 Å². The molecule has 0 N–H and O–H groups in total. The lowest BCUT2D eigenvalue weighted by atomic mass is 9.71. The summed E-state index contributed by atoms with van der Waals surface area (Å²) in [6.07, 6.45) is 2.59. The maximum absolute atomic E-state index is 13.8. The minimum Gasteiger partial charge on any atom is -0.341 e. The summed E-state index contributed by atoms with van der Waals surface area (Å²) in [6, 6.07) is 14.5. The number of amides is 1. The molecule has 142 valence electrons. The van der Waals surface area contributed by atoms with Gasteiger partial charge in [0.1, 0.15) is 5.82 Å². The fraction of sp³-hybridized carbons (Fsp3) is 0.409. The quantitative estimate of drug-likeness (QED) is 0.788. The van der Waals surface area contributed by atoms with Crippen LogP contribution in [0.2, 0.25) is 5.02 Å². The molecule has 1 amide bonds. The fourth-order valence-electron chi connectivity index (χ4n) is 4.20. The first kappa shape index (κ1) is 18.5. The lowest BCUT2D eigenvalue weighted by molar-refractivity contribution is -0.146. The lowest BCUT2D eigenvalue weighted by Crippen LogP contribution is -2.62. The van der Waals surface area contributed by atoms with Crippen LogP contribution in [-0.2, 0) is 17.8 Å². The maximum atomic E-state index is 13.8. The maximum Gasteiger partial charge on any atom is 0.227 e. The van der Waals surface area contributed by atoms with Crippen LogP contribution in [0.3, 0.4) is 0 Å². The first-order valence-electron chi connectivity index (χ1n) is 9.51. The average molecular weight is 387 g/mol. The highest BCUT2D eigenvalue weighted by Gasteiger charge is 2.46. The monoisotopic (exact) mass is 386 g/mol. The Balaban J connectivity index is 1.25. The summed E-state index contributed by atoms with van der Waals surface area (Å²) in [5.41, 5.74) is 2.04. The molecule has 2 saturated heterocycles. The first-order chi connectivity index (χ1) is 13.0. The van der Waals surface area contributed by atoms with Gasteiger partial charge in [0.25, 0.3) is 0 Å². The first-order valence-corrected chi connectivity index (χ1v) is 9.89. The van der Waals surface area contributed by atoms with Gasteiger partial charge in [-0.3, -0.25) is 9.69 Å². The third-order valence-corrected chi connectivity index (χ3v) is 6.19. The molecule has 2 aliphatic rings. The minimum absolute atomic E-state index is 0.125. The van der Waals surface area contributed by atoms with Crippen LogP contribution in [0.25, 0.3) is 0 Å². The van der Waals surface area contributed by atoms with E-state index in [9.17, 15) is 9.18 Å². The van der Waals surface area contributed by atoms with Gasteiger partial charge in [0.2, 0.25) is 5.91 Å². The smallest absolute Gasteiger partial charge is 0.227 e. The van der Waals surface area contributed by atoms with Crippen LogP contribution >= 0.6 is 11.6 Å². The van der Waals surface area contributed by atoms with Crippen molar-refractivity contribution in [3.05, 3.63) is 70.5 Å². The third kappa shape index (κ3) is 4.17. The molecule has 1 spiro atoms. The van der Waals surface area contributed by atoms with Gasteiger partial charge in [-0.25, -0.2) is 4.39 Å². The normalized spacial score (nSPS) is 19.1. The highest BCUT2D eigenvalue weighted by Crippen LogP contribution is 2.41. The number of halogens is 2. The van der Waals surface area contributed by atoms with E-state index in [0.717, 1.165) is 50.1 Å². The number of hydrogen-bond donors (Lipinski definition) is 0. The SMILES string of the molecule is O=C(Cc1ccc(Cl)cc1)N1CC2(CCN(Cc3ccccc3F)CC2)C1. The van der Waals surface area contributed by atoms with Gasteiger partial charge >= 0.3 is 0 Å². The molecule has 3 nitrogen and oxygen atoms in total. The van der Waals surface area contributed by atoms with Crippen LogP contribution < -0.4 is 0 Å². The van der Waals surface area contributed by atoms with E-state index in [1.54, 1.807) is 6.07 Å². The summed E-state index contributed by atoms with van der Waals surface area (Å²) in [6.45, 7) is 4.31. The van der Waals surface area contributed by atoms with E-state index in [0.29, 0.717) is 18.0 Å². The van der Waals surface area contributed by atoms with Crippen molar-refractivity contribution >= 4 is 17.5 Å². The third-order valence-electron chi connectivity index (χ3n) is 5.94. The Labute approximate surface area is 164 Å². The van der Waals surface area contributed by atoms with Crippen LogP contribution in [0.4, 0.5) is 4.39 Å². The molecule has 4 rings (SSSR count). The van der Waals surface area contributed by atoms with Crippen molar-refractivity contribution in [2.75, 3.05) is 26.2 Å². The number of carbonyl (C=O) groups excluding carboxylic acids is 1. The minimum atomic E-state index is -0.125. The zero-order chi connectivity index (χ0) is 18.9. The van der Waals surface area contributed by atoms with Gasteiger partial charge in [-0.15, -0.1) is 0 Å². The second-order valence-corrected chi connectivity index (χ2v) is 8.36. The lowest BCUT2D eigenvalue weighted by Gasteiger charge is -2.54. The van der Waals surface area contributed by atoms with E-state index in [4.69, 9.17) is 11.6 Å². The number of benzene rings is 2. The Bertz CT molecular complexity index is 807. The van der Waals surface area contributed by atoms with Crippen molar-refractivity contribution in [3.63, 3.8) is 0 Å². The Kier molecular flexibility index (Phi) is 5.20. The van der Waals surface area contributed by atoms with Crippen LogP contribution in [-0.4, -0.2) is 41.9 Å². The average Bonchev–Trinajstić information content (AvgIpc) is 2.64. The molecule has 2 aromatic rings. The van der Waals surface area contributed by atoms with Gasteiger partial charge in [0.15, 0.2) is 0 Å². The van der Waals surface area contributed by atoms with Crippen LogP contribution in [0.1, 0.15) is 24.0 Å². The van der Waals surface area contributed by atoms with Crippen molar-refractivity contribution in [2.24, 2.45) is 5.41 Å². The van der Waals surface area contributed by atoms with E-state index >= 15 is 0 Å². The van der Waals surface area contributed by atoms with Gasteiger partial charge in [0, 0.05) is 35.6 Å². The van der Waals surface area contributed by atoms with Gasteiger partial charge in [0.05, 0.1) is 6.42 Å². The summed E-state index contributed by atoms with van der Waals surface area (Å²) >= 11 is 5.90. The van der Waals surface area contributed by atoms with Gasteiger partial charge < -0.3 is 4.90 Å². The molecule has 2 aliphatic heterocycles. The Morgan fingerprint density at radius 1 is 1.04 bits per heavy atom. The number of piperidine rings is 1. The molecule has 27 heavy (non-hydrogen) atoms. The number of likely N-dealkylation sites (tertiary alicyclic amines) is 2. The molecule has 5 heteroatoms. The molecule has 2 aromatic carbocycles. The second-order valence-electron chi connectivity index (χ2n) is 7.92. The van der Waals surface area contributed by atoms with Gasteiger partial charge in [-0.05, 0) is 49.7 Å². The standard InChI is InChI=1S/C22H24ClFN2O/c23-19-7-5-17(6-8-19)13-21(27)26-15-22(16-26)9-11-25(12-10-22)14-18-3-1-2-4-20(18)24/h1-8H,9-16H2. The van der Waals surface area contributed by atoms with E-state index in [-0.39, 0.29) is 17.1 Å². The molecular weight excluding hydrogens is 363 g/mol. The van der Waals surface area contributed by atoms with Crippen LogP contribution in [0, 0.1) is 11.2 Å². The predicted molar refractivity (Wildman–Crippen MR) is 105 cm³/mol. The van der Waals surface area contributed by atoms with E-state index < -0.39 is 0 Å². The summed E-state index contributed by atoms with van der Waals surface area (Å²) in [7, 11) is 0. The molecule has 0 atom stereocenters. The van der Waals surface area contributed by atoms with Crippen LogP contribution in [0.5, 0.6) is 0 Å². The highest BCUT2D eigenvalue weighted by atomic mass is 35.5. The number of carbonyl (C=O) groups is 1. The van der Waals surface area contributed by atoms with Crippen LogP contribution in [0.15, 0.2) is 48.5 Å². The molecule has 0 aromatic heterocycles. The zero-order valence-corrected chi connectivity index (χ0v) is 16.1. The predicted octanol–water partition coefficient (Wildman–Crippen LogP) is 4.15. The molecular formula is C22H24ClFN2O. The van der Waals surface area contributed by atoms with Crippen molar-refractivity contribution in [2.45, 2.75) is 25.8 Å². The van der Waals surface area contributed by atoms with Gasteiger partial charge in [-0.1, -0.05) is 41.9 Å². The van der Waals surface area contributed by atoms with Gasteiger partial charge in [-0.2, -0.15) is 0 Å². The Morgan fingerprint density at radius 3 is 2.37 bits per heavy atom. The number of rotatable bonds is 4. The molecule has 2 fully saturated rings. The molecule has 0 aliphatic carbocycles. The van der Waals surface area contributed by atoms with Crippen molar-refractivity contribution in [3.8, 4) is 0 Å². The van der Waals surface area contributed by atoms with E-state index in [1.165, 1.54) is 6.07 Å². The van der Waals surface area contributed by atoms with E-state index in [2.05, 4.69) is 4.90 Å². The molecule has 0 unspecified atom stereocenters. The number of hydrogen-bond acceptors (Lipinski definition) is 2. The highest BCUT2D eigenvalue weighted by molar-refractivity contribution is 6.30. The van der Waals surface area contributed by atoms with Crippen molar-refractivity contribution in [1.29, 1.82) is 0 Å². The summed E-state index contributed by atoms with van der Waals surface area (Å²) in [5.74, 6) is 0.0668. The molecule has 0 bridgehead atoms. The molecule has 0 saturated carbocycles. The zero-order valence-electron chi connectivity index (χ0n) is 15.3. The molecule has 0 radical (unpaired) electrons. The summed E-state index contributed by atoms with van der Waals surface area (Å²) in [5, 5.41) is 0.691. The molecule has 2 heterocycles. The number of nitrogens with zero attached hydrogens (tertiary/aromatic N) is 2. The van der Waals surface area contributed by atoms with E-state index in [1.807, 2.05) is 41.3 Å². The van der Waals surface area contributed by atoms with Crippen molar-refractivity contribution in [1.82, 2.24) is 9.80 Å². The Hall–Kier alpha value is -1.91. The summed E-state index contributed by atoms with van der Waals surface area (Å²) in [4.78, 5) is 16.8. The Morgan fingerprint density at radius 2 is 1.70 bits per heavy atom. The topological polar surface area (TPSA) is 23.6 Å². The summed E-state index contributed by atoms with van der Waals surface area (Å²) < 4.78 is 13.8. The second kappa shape index (κ2) is 7.61. The largest absolute Gasteiger partial charge is 0.341 e. The fourth-order valence-corrected chi connectivity index (χ4v) is 4.32.